The number of hydrogen-bond donors (Lipinski definition) is 2. The lowest BCUT2D eigenvalue weighted by Crippen LogP contribution is -2.56. The van der Waals surface area contributed by atoms with E-state index in [2.05, 4.69) is 15.5 Å². The number of hydrogen-bond acceptors (Lipinski definition) is 3. The van der Waals surface area contributed by atoms with E-state index in [0.717, 1.165) is 39.3 Å². The summed E-state index contributed by atoms with van der Waals surface area (Å²) in [5, 5.41) is 6.43. The monoisotopic (exact) mass is 254 g/mol. The van der Waals surface area contributed by atoms with Crippen LogP contribution in [0.5, 0.6) is 0 Å². The van der Waals surface area contributed by atoms with Gasteiger partial charge < -0.3 is 15.5 Å². The van der Waals surface area contributed by atoms with Crippen molar-refractivity contribution in [2.24, 2.45) is 0 Å². The summed E-state index contributed by atoms with van der Waals surface area (Å²) in [5.41, 5.74) is -0.149. The molecule has 2 N–H and O–H groups in total. The Morgan fingerprint density at radius 1 is 1.22 bits per heavy atom. The molecule has 0 aromatic heterocycles. The van der Waals surface area contributed by atoms with Crippen molar-refractivity contribution in [3.8, 4) is 0 Å². The molecule has 0 radical (unpaired) electrons. The Morgan fingerprint density at radius 3 is 2.39 bits per heavy atom. The molecular formula is C13H26N4O. The lowest BCUT2D eigenvalue weighted by atomic mass is 10.1. The zero-order chi connectivity index (χ0) is 13.2. The van der Waals surface area contributed by atoms with Gasteiger partial charge in [-0.15, -0.1) is 0 Å². The van der Waals surface area contributed by atoms with Gasteiger partial charge in [-0.05, 0) is 33.7 Å². The quantitative estimate of drug-likeness (QED) is 0.715. The van der Waals surface area contributed by atoms with Crippen molar-refractivity contribution < 1.29 is 4.79 Å². The lowest BCUT2D eigenvalue weighted by Gasteiger charge is -2.38. The van der Waals surface area contributed by atoms with Crippen molar-refractivity contribution in [1.82, 2.24) is 20.4 Å². The van der Waals surface area contributed by atoms with Gasteiger partial charge in [-0.3, -0.25) is 4.90 Å². The molecule has 18 heavy (non-hydrogen) atoms. The number of urea groups is 1. The molecule has 104 valence electrons. The molecule has 2 rings (SSSR count). The predicted molar refractivity (Wildman–Crippen MR) is 72.7 cm³/mol. The maximum atomic E-state index is 12.0. The molecule has 5 nitrogen and oxygen atoms in total. The highest BCUT2D eigenvalue weighted by molar-refractivity contribution is 5.75. The third kappa shape index (κ3) is 3.59. The van der Waals surface area contributed by atoms with Crippen LogP contribution in [0.1, 0.15) is 27.2 Å². The summed E-state index contributed by atoms with van der Waals surface area (Å²) in [6.45, 7) is 12.0. The predicted octanol–water partition coefficient (Wildman–Crippen LogP) is 0.474. The number of nitrogens with one attached hydrogen (secondary N) is 2. The zero-order valence-corrected chi connectivity index (χ0v) is 11.8. The molecule has 1 unspecified atom stereocenters. The summed E-state index contributed by atoms with van der Waals surface area (Å²) in [6.07, 6.45) is 1.24. The van der Waals surface area contributed by atoms with Crippen LogP contribution >= 0.6 is 0 Å². The van der Waals surface area contributed by atoms with Gasteiger partial charge in [-0.25, -0.2) is 4.79 Å². The Labute approximate surface area is 110 Å². The highest BCUT2D eigenvalue weighted by atomic mass is 16.2. The minimum Gasteiger partial charge on any atom is -0.333 e. The van der Waals surface area contributed by atoms with Crippen molar-refractivity contribution in [3.63, 3.8) is 0 Å². The van der Waals surface area contributed by atoms with Gasteiger partial charge >= 0.3 is 6.03 Å². The number of amides is 2. The van der Waals surface area contributed by atoms with Crippen LogP contribution in [-0.4, -0.2) is 66.7 Å². The van der Waals surface area contributed by atoms with Gasteiger partial charge in [-0.1, -0.05) is 0 Å². The lowest BCUT2D eigenvalue weighted by molar-refractivity contribution is 0.111. The normalized spacial score (nSPS) is 26.4. The second-order valence-electron chi connectivity index (χ2n) is 6.35. The second kappa shape index (κ2) is 5.45. The first-order valence-electron chi connectivity index (χ1n) is 6.97. The number of nitrogens with zero attached hydrogens (tertiary/aromatic N) is 2. The van der Waals surface area contributed by atoms with E-state index in [-0.39, 0.29) is 11.6 Å². The molecule has 2 heterocycles. The molecule has 0 saturated carbocycles. The van der Waals surface area contributed by atoms with Gasteiger partial charge in [0.1, 0.15) is 0 Å². The minimum absolute atomic E-state index is 0.0756. The second-order valence-corrected chi connectivity index (χ2v) is 6.35. The SMILES string of the molecule is CC(C)(C)NC(=O)N1CCN(C2CCNC2)CC1. The number of carbonyl (C=O) groups excluding carboxylic acids is 1. The van der Waals surface area contributed by atoms with Crippen molar-refractivity contribution >= 4 is 6.03 Å². The number of rotatable bonds is 1. The summed E-state index contributed by atoms with van der Waals surface area (Å²) in [5.74, 6) is 0. The molecule has 0 bridgehead atoms. The molecule has 2 aliphatic rings. The van der Waals surface area contributed by atoms with Crippen LogP contribution in [0.2, 0.25) is 0 Å². The van der Waals surface area contributed by atoms with Crippen LogP contribution in [-0.2, 0) is 0 Å². The van der Waals surface area contributed by atoms with Crippen LogP contribution < -0.4 is 10.6 Å². The fraction of sp³-hybridized carbons (Fsp3) is 0.923. The van der Waals surface area contributed by atoms with E-state index >= 15 is 0 Å². The number of piperazine rings is 1. The molecule has 2 amide bonds. The van der Waals surface area contributed by atoms with Crippen molar-refractivity contribution in [1.29, 1.82) is 0 Å². The van der Waals surface area contributed by atoms with Crippen molar-refractivity contribution in [2.75, 3.05) is 39.3 Å². The van der Waals surface area contributed by atoms with E-state index < -0.39 is 0 Å². The smallest absolute Gasteiger partial charge is 0.317 e. The molecule has 2 saturated heterocycles. The maximum Gasteiger partial charge on any atom is 0.317 e. The number of carbonyl (C=O) groups is 1. The van der Waals surface area contributed by atoms with Crippen LogP contribution in [0.4, 0.5) is 4.79 Å². The molecular weight excluding hydrogens is 228 g/mol. The summed E-state index contributed by atoms with van der Waals surface area (Å²) in [6, 6.07) is 0.754. The van der Waals surface area contributed by atoms with Gasteiger partial charge in [-0.2, -0.15) is 0 Å². The highest BCUT2D eigenvalue weighted by Crippen LogP contribution is 2.12. The maximum absolute atomic E-state index is 12.0. The van der Waals surface area contributed by atoms with Crippen LogP contribution in [0.3, 0.4) is 0 Å². The Hall–Kier alpha value is -0.810. The third-order valence-electron chi connectivity index (χ3n) is 3.63. The molecule has 0 spiro atoms. The van der Waals surface area contributed by atoms with Crippen LogP contribution in [0.15, 0.2) is 0 Å². The summed E-state index contributed by atoms with van der Waals surface area (Å²) in [4.78, 5) is 16.5. The average molecular weight is 254 g/mol. The fourth-order valence-corrected chi connectivity index (χ4v) is 2.64. The molecule has 0 aromatic rings. The van der Waals surface area contributed by atoms with E-state index in [1.165, 1.54) is 6.42 Å². The largest absolute Gasteiger partial charge is 0.333 e. The highest BCUT2D eigenvalue weighted by Gasteiger charge is 2.28. The fourth-order valence-electron chi connectivity index (χ4n) is 2.64. The molecule has 0 aromatic carbocycles. The van der Waals surface area contributed by atoms with Gasteiger partial charge in [0.25, 0.3) is 0 Å². The molecule has 2 aliphatic heterocycles. The minimum atomic E-state index is -0.149. The van der Waals surface area contributed by atoms with E-state index in [4.69, 9.17) is 0 Å². The van der Waals surface area contributed by atoms with E-state index in [1.54, 1.807) is 0 Å². The summed E-state index contributed by atoms with van der Waals surface area (Å²) >= 11 is 0. The van der Waals surface area contributed by atoms with Crippen LogP contribution in [0, 0.1) is 0 Å². The van der Waals surface area contributed by atoms with Gasteiger partial charge in [0.05, 0.1) is 0 Å². The first-order valence-corrected chi connectivity index (χ1v) is 6.97. The van der Waals surface area contributed by atoms with E-state index in [1.807, 2.05) is 25.7 Å². The topological polar surface area (TPSA) is 47.6 Å². The standard InChI is InChI=1S/C13H26N4O/c1-13(2,3)15-12(18)17-8-6-16(7-9-17)11-4-5-14-10-11/h11,14H,4-10H2,1-3H3,(H,15,18). The third-order valence-corrected chi connectivity index (χ3v) is 3.63. The van der Waals surface area contributed by atoms with Crippen LogP contribution in [0.25, 0.3) is 0 Å². The zero-order valence-electron chi connectivity index (χ0n) is 11.8. The van der Waals surface area contributed by atoms with Gasteiger partial charge in [0.2, 0.25) is 0 Å². The average Bonchev–Trinajstić information content (AvgIpc) is 2.80. The first kappa shape index (κ1) is 13.6. The molecule has 1 atom stereocenters. The molecule has 0 aliphatic carbocycles. The Balaban J connectivity index is 1.77. The Bertz CT molecular complexity index is 286. The molecule has 2 fully saturated rings. The van der Waals surface area contributed by atoms with Gasteiger partial charge in [0.15, 0.2) is 0 Å². The summed E-state index contributed by atoms with van der Waals surface area (Å²) in [7, 11) is 0. The van der Waals surface area contributed by atoms with Crippen molar-refractivity contribution in [3.05, 3.63) is 0 Å². The Morgan fingerprint density at radius 2 is 1.89 bits per heavy atom. The summed E-state index contributed by atoms with van der Waals surface area (Å²) < 4.78 is 0. The first-order chi connectivity index (χ1) is 8.46. The Kier molecular flexibility index (Phi) is 4.12. The van der Waals surface area contributed by atoms with Crippen molar-refractivity contribution in [2.45, 2.75) is 38.8 Å². The van der Waals surface area contributed by atoms with Gasteiger partial charge in [0, 0.05) is 44.3 Å². The van der Waals surface area contributed by atoms with E-state index in [0.29, 0.717) is 6.04 Å². The molecule has 5 heteroatoms. The van der Waals surface area contributed by atoms with E-state index in [9.17, 15) is 4.79 Å².